The molecule has 1 amide bonds. The molecule has 0 aliphatic rings. The molecule has 0 saturated carbocycles. The highest BCUT2D eigenvalue weighted by atomic mass is 35.5. The molecule has 0 aliphatic carbocycles. The summed E-state index contributed by atoms with van der Waals surface area (Å²) in [4.78, 5) is 12.2. The number of carbonyl (C=O) groups is 1. The molecule has 2 aromatic carbocycles. The van der Waals surface area contributed by atoms with Gasteiger partial charge < -0.3 is 14.8 Å². The minimum absolute atomic E-state index is 0.0474. The molecule has 0 aliphatic heterocycles. The van der Waals surface area contributed by atoms with E-state index in [0.717, 1.165) is 6.07 Å². The van der Waals surface area contributed by atoms with Crippen molar-refractivity contribution in [1.29, 1.82) is 0 Å². The molecule has 0 aromatic heterocycles. The van der Waals surface area contributed by atoms with E-state index in [-0.39, 0.29) is 10.7 Å². The largest absolute Gasteiger partial charge is 0.497 e. The van der Waals surface area contributed by atoms with Gasteiger partial charge in [0.2, 0.25) is 0 Å². The fraction of sp³-hybridized carbons (Fsp3) is 0.133. The van der Waals surface area contributed by atoms with Crippen LogP contribution in [0.3, 0.4) is 0 Å². The second-order valence-corrected chi connectivity index (χ2v) is 4.62. The van der Waals surface area contributed by atoms with Crippen LogP contribution in [0.25, 0.3) is 0 Å². The van der Waals surface area contributed by atoms with Crippen molar-refractivity contribution >= 4 is 23.2 Å². The summed E-state index contributed by atoms with van der Waals surface area (Å²) in [6.45, 7) is 0. The SMILES string of the molecule is COc1cc(OC)cc(C(=O)Nc2ccc(Cl)cc2F)c1. The molecular formula is C15H13ClFNO3. The molecular weight excluding hydrogens is 297 g/mol. The Morgan fingerprint density at radius 3 is 2.24 bits per heavy atom. The fourth-order valence-electron chi connectivity index (χ4n) is 1.72. The molecule has 6 heteroatoms. The van der Waals surface area contributed by atoms with Crippen molar-refractivity contribution in [3.63, 3.8) is 0 Å². The maximum absolute atomic E-state index is 13.7. The molecule has 1 N–H and O–H groups in total. The Morgan fingerprint density at radius 2 is 1.71 bits per heavy atom. The number of carbonyl (C=O) groups excluding carboxylic acids is 1. The lowest BCUT2D eigenvalue weighted by Gasteiger charge is -2.10. The second kappa shape index (κ2) is 6.45. The highest BCUT2D eigenvalue weighted by molar-refractivity contribution is 6.30. The van der Waals surface area contributed by atoms with Gasteiger partial charge >= 0.3 is 0 Å². The van der Waals surface area contributed by atoms with Crippen LogP contribution in [0.5, 0.6) is 11.5 Å². The van der Waals surface area contributed by atoms with Crippen molar-refractivity contribution in [3.8, 4) is 11.5 Å². The molecule has 0 bridgehead atoms. The molecule has 0 radical (unpaired) electrons. The number of ether oxygens (including phenoxy) is 2. The third-order valence-corrected chi connectivity index (χ3v) is 3.03. The van der Waals surface area contributed by atoms with Crippen LogP contribution in [0.4, 0.5) is 10.1 Å². The van der Waals surface area contributed by atoms with Gasteiger partial charge in [0.05, 0.1) is 19.9 Å². The second-order valence-electron chi connectivity index (χ2n) is 4.18. The summed E-state index contributed by atoms with van der Waals surface area (Å²) >= 11 is 5.66. The summed E-state index contributed by atoms with van der Waals surface area (Å²) in [5.41, 5.74) is 0.340. The zero-order valence-corrected chi connectivity index (χ0v) is 12.2. The van der Waals surface area contributed by atoms with Crippen molar-refractivity contribution in [2.75, 3.05) is 19.5 Å². The first-order chi connectivity index (χ1) is 10.0. The number of halogens is 2. The Bertz CT molecular complexity index is 654. The average Bonchev–Trinajstić information content (AvgIpc) is 2.49. The normalized spacial score (nSPS) is 10.1. The Balaban J connectivity index is 2.27. The first-order valence-electron chi connectivity index (χ1n) is 6.03. The number of hydrogen-bond acceptors (Lipinski definition) is 3. The summed E-state index contributed by atoms with van der Waals surface area (Å²) in [5.74, 6) is -0.147. The first kappa shape index (κ1) is 15.1. The van der Waals surface area contributed by atoms with Crippen molar-refractivity contribution in [2.24, 2.45) is 0 Å². The first-order valence-corrected chi connectivity index (χ1v) is 6.40. The third-order valence-electron chi connectivity index (χ3n) is 2.79. The minimum Gasteiger partial charge on any atom is -0.497 e. The molecule has 110 valence electrons. The Hall–Kier alpha value is -2.27. The molecule has 0 heterocycles. The predicted molar refractivity (Wildman–Crippen MR) is 78.9 cm³/mol. The quantitative estimate of drug-likeness (QED) is 0.935. The Kier molecular flexibility index (Phi) is 4.65. The monoisotopic (exact) mass is 309 g/mol. The molecule has 4 nitrogen and oxygen atoms in total. The van der Waals surface area contributed by atoms with Crippen LogP contribution in [0, 0.1) is 5.82 Å². The summed E-state index contributed by atoms with van der Waals surface area (Å²) in [6, 6.07) is 8.72. The van der Waals surface area contributed by atoms with Crippen LogP contribution in [0.15, 0.2) is 36.4 Å². The van der Waals surface area contributed by atoms with Crippen molar-refractivity contribution < 1.29 is 18.7 Å². The van der Waals surface area contributed by atoms with Crippen LogP contribution < -0.4 is 14.8 Å². The molecule has 0 atom stereocenters. The van der Waals surface area contributed by atoms with E-state index in [1.165, 1.54) is 38.5 Å². The van der Waals surface area contributed by atoms with E-state index >= 15 is 0 Å². The van der Waals surface area contributed by atoms with Gasteiger partial charge in [0, 0.05) is 16.7 Å². The van der Waals surface area contributed by atoms with E-state index in [9.17, 15) is 9.18 Å². The zero-order chi connectivity index (χ0) is 15.4. The van der Waals surface area contributed by atoms with E-state index in [0.29, 0.717) is 17.1 Å². The van der Waals surface area contributed by atoms with Crippen molar-refractivity contribution in [2.45, 2.75) is 0 Å². The van der Waals surface area contributed by atoms with E-state index < -0.39 is 11.7 Å². The summed E-state index contributed by atoms with van der Waals surface area (Å²) in [7, 11) is 2.96. The molecule has 0 fully saturated rings. The topological polar surface area (TPSA) is 47.6 Å². The number of hydrogen-bond donors (Lipinski definition) is 1. The maximum atomic E-state index is 13.7. The van der Waals surface area contributed by atoms with E-state index in [1.807, 2.05) is 0 Å². The minimum atomic E-state index is -0.606. The van der Waals surface area contributed by atoms with Gasteiger partial charge in [-0.3, -0.25) is 4.79 Å². The van der Waals surface area contributed by atoms with Gasteiger partial charge in [0.1, 0.15) is 17.3 Å². The average molecular weight is 310 g/mol. The molecule has 0 unspecified atom stereocenters. The van der Waals surface area contributed by atoms with Crippen LogP contribution in [-0.4, -0.2) is 20.1 Å². The lowest BCUT2D eigenvalue weighted by atomic mass is 10.1. The molecule has 2 rings (SSSR count). The van der Waals surface area contributed by atoms with Gasteiger partial charge in [-0.2, -0.15) is 0 Å². The van der Waals surface area contributed by atoms with E-state index in [4.69, 9.17) is 21.1 Å². The smallest absolute Gasteiger partial charge is 0.256 e. The van der Waals surface area contributed by atoms with Gasteiger partial charge in [-0.25, -0.2) is 4.39 Å². The fourth-order valence-corrected chi connectivity index (χ4v) is 1.88. The highest BCUT2D eigenvalue weighted by Crippen LogP contribution is 2.24. The van der Waals surface area contributed by atoms with Gasteiger partial charge in [-0.1, -0.05) is 11.6 Å². The maximum Gasteiger partial charge on any atom is 0.256 e. The van der Waals surface area contributed by atoms with Gasteiger partial charge in [0.25, 0.3) is 5.91 Å². The number of rotatable bonds is 4. The standard InChI is InChI=1S/C15H13ClFNO3/c1-20-11-5-9(6-12(8-11)21-2)15(19)18-14-4-3-10(16)7-13(14)17/h3-8H,1-2H3,(H,18,19). The van der Waals surface area contributed by atoms with Crippen molar-refractivity contribution in [3.05, 3.63) is 52.8 Å². The van der Waals surface area contributed by atoms with E-state index in [1.54, 1.807) is 6.07 Å². The van der Waals surface area contributed by atoms with E-state index in [2.05, 4.69) is 5.32 Å². The number of methoxy groups -OCH3 is 2. The lowest BCUT2D eigenvalue weighted by molar-refractivity contribution is 0.102. The van der Waals surface area contributed by atoms with Gasteiger partial charge in [-0.15, -0.1) is 0 Å². The molecule has 0 spiro atoms. The lowest BCUT2D eigenvalue weighted by Crippen LogP contribution is -2.13. The van der Waals surface area contributed by atoms with Gasteiger partial charge in [-0.05, 0) is 30.3 Å². The van der Waals surface area contributed by atoms with Crippen LogP contribution >= 0.6 is 11.6 Å². The van der Waals surface area contributed by atoms with Crippen LogP contribution in [0.2, 0.25) is 5.02 Å². The van der Waals surface area contributed by atoms with Crippen LogP contribution in [-0.2, 0) is 0 Å². The number of amides is 1. The number of benzene rings is 2. The summed E-state index contributed by atoms with van der Waals surface area (Å²) in [5, 5.41) is 2.73. The van der Waals surface area contributed by atoms with Gasteiger partial charge in [0.15, 0.2) is 0 Å². The van der Waals surface area contributed by atoms with Crippen LogP contribution in [0.1, 0.15) is 10.4 Å². The number of anilines is 1. The highest BCUT2D eigenvalue weighted by Gasteiger charge is 2.12. The molecule has 2 aromatic rings. The summed E-state index contributed by atoms with van der Waals surface area (Å²) < 4.78 is 23.8. The Labute approximate surface area is 126 Å². The predicted octanol–water partition coefficient (Wildman–Crippen LogP) is 3.75. The zero-order valence-electron chi connectivity index (χ0n) is 11.4. The van der Waals surface area contributed by atoms with Crippen molar-refractivity contribution in [1.82, 2.24) is 0 Å². The number of nitrogens with one attached hydrogen (secondary N) is 1. The molecule has 21 heavy (non-hydrogen) atoms. The third kappa shape index (κ3) is 3.64. The molecule has 0 saturated heterocycles. The Morgan fingerprint density at radius 1 is 1.10 bits per heavy atom. The summed E-state index contributed by atoms with van der Waals surface area (Å²) in [6.07, 6.45) is 0.